The van der Waals surface area contributed by atoms with E-state index in [1.54, 1.807) is 41.0 Å². The Labute approximate surface area is 201 Å². The van der Waals surface area contributed by atoms with Gasteiger partial charge in [-0.3, -0.25) is 0 Å². The minimum atomic E-state index is -1.13. The SMILES string of the molecule is C[Si](C)(C)CCOCn1nc(Sc2cncnc2)nc1Cc1c2c(cc3c1CCC3)CCC2. The van der Waals surface area contributed by atoms with Crippen LogP contribution >= 0.6 is 11.8 Å². The summed E-state index contributed by atoms with van der Waals surface area (Å²) in [6.07, 6.45) is 13.4. The highest BCUT2D eigenvalue weighted by molar-refractivity contribution is 7.99. The van der Waals surface area contributed by atoms with Crippen molar-refractivity contribution >= 4 is 19.8 Å². The molecule has 0 radical (unpaired) electrons. The Kier molecular flexibility index (Phi) is 6.67. The molecule has 2 aliphatic carbocycles. The molecule has 0 saturated carbocycles. The van der Waals surface area contributed by atoms with Crippen molar-refractivity contribution in [1.82, 2.24) is 24.7 Å². The van der Waals surface area contributed by atoms with E-state index in [1.807, 2.05) is 4.68 Å². The van der Waals surface area contributed by atoms with Gasteiger partial charge in [-0.15, -0.1) is 5.10 Å². The van der Waals surface area contributed by atoms with Crippen LogP contribution in [0.15, 0.2) is 34.8 Å². The third-order valence-electron chi connectivity index (χ3n) is 6.62. The quantitative estimate of drug-likeness (QED) is 0.314. The molecule has 2 aliphatic rings. The Morgan fingerprint density at radius 1 is 1.00 bits per heavy atom. The molecule has 5 rings (SSSR count). The lowest BCUT2D eigenvalue weighted by Crippen LogP contribution is -2.22. The molecule has 0 N–H and O–H groups in total. The van der Waals surface area contributed by atoms with Gasteiger partial charge in [-0.25, -0.2) is 19.6 Å². The van der Waals surface area contributed by atoms with Gasteiger partial charge in [0.25, 0.3) is 0 Å². The normalized spacial score (nSPS) is 15.1. The summed E-state index contributed by atoms with van der Waals surface area (Å²) in [5.41, 5.74) is 7.82. The molecule has 6 nitrogen and oxygen atoms in total. The van der Waals surface area contributed by atoms with Gasteiger partial charge >= 0.3 is 0 Å². The van der Waals surface area contributed by atoms with E-state index in [0.717, 1.165) is 34.9 Å². The monoisotopic (exact) mass is 479 g/mol. The standard InChI is InChI=1S/C25H33N5OSSi/c1-33(2,3)11-10-31-17-30-24(28-25(29-30)32-20-14-26-16-27-15-20)13-23-21-8-4-6-18(21)12-19-7-5-9-22(19)23/h12,14-16H,4-11,13,17H2,1-3H3. The van der Waals surface area contributed by atoms with E-state index >= 15 is 0 Å². The highest BCUT2D eigenvalue weighted by atomic mass is 32.2. The van der Waals surface area contributed by atoms with Crippen molar-refractivity contribution in [1.29, 1.82) is 0 Å². The van der Waals surface area contributed by atoms with E-state index < -0.39 is 8.07 Å². The van der Waals surface area contributed by atoms with Gasteiger partial charge in [0.15, 0.2) is 0 Å². The molecule has 8 heteroatoms. The molecule has 3 aromatic rings. The number of aromatic nitrogens is 5. The van der Waals surface area contributed by atoms with Gasteiger partial charge in [0.2, 0.25) is 5.16 Å². The summed E-state index contributed by atoms with van der Waals surface area (Å²) in [6, 6.07) is 3.65. The van der Waals surface area contributed by atoms with Crippen molar-refractivity contribution < 1.29 is 4.74 Å². The molecule has 0 spiro atoms. The zero-order chi connectivity index (χ0) is 22.8. The van der Waals surface area contributed by atoms with Gasteiger partial charge in [0.1, 0.15) is 18.9 Å². The predicted molar refractivity (Wildman–Crippen MR) is 134 cm³/mol. The lowest BCUT2D eigenvalue weighted by Gasteiger charge is -2.17. The van der Waals surface area contributed by atoms with Crippen LogP contribution in [0.25, 0.3) is 0 Å². The minimum absolute atomic E-state index is 0.454. The Morgan fingerprint density at radius 2 is 1.70 bits per heavy atom. The summed E-state index contributed by atoms with van der Waals surface area (Å²) < 4.78 is 8.06. The topological polar surface area (TPSA) is 65.7 Å². The van der Waals surface area contributed by atoms with Crippen LogP contribution in [-0.2, 0) is 43.6 Å². The minimum Gasteiger partial charge on any atom is -0.359 e. The molecule has 2 aromatic heterocycles. The molecular weight excluding hydrogens is 446 g/mol. The summed E-state index contributed by atoms with van der Waals surface area (Å²) in [4.78, 5) is 14.2. The Hall–Kier alpha value is -2.03. The zero-order valence-corrected chi connectivity index (χ0v) is 21.7. The molecule has 0 amide bonds. The van der Waals surface area contributed by atoms with Gasteiger partial charge in [0.05, 0.1) is 4.90 Å². The molecular formula is C25H33N5OSSi. The summed E-state index contributed by atoms with van der Waals surface area (Å²) in [7, 11) is -1.13. The highest BCUT2D eigenvalue weighted by Gasteiger charge is 2.25. The van der Waals surface area contributed by atoms with Crippen molar-refractivity contribution in [3.05, 3.63) is 58.4 Å². The smallest absolute Gasteiger partial charge is 0.213 e. The van der Waals surface area contributed by atoms with Crippen molar-refractivity contribution in [2.24, 2.45) is 0 Å². The summed E-state index contributed by atoms with van der Waals surface area (Å²) in [5.74, 6) is 0.997. The second-order valence-electron chi connectivity index (χ2n) is 10.3. The van der Waals surface area contributed by atoms with Gasteiger partial charge in [-0.1, -0.05) is 25.7 Å². The number of hydrogen-bond donors (Lipinski definition) is 0. The Balaban J connectivity index is 1.42. The van der Waals surface area contributed by atoms with E-state index in [1.165, 1.54) is 55.9 Å². The summed E-state index contributed by atoms with van der Waals surface area (Å²) in [5, 5.41) is 5.56. The molecule has 0 fully saturated rings. The average Bonchev–Trinajstić information content (AvgIpc) is 3.51. The number of nitrogens with zero attached hydrogens (tertiary/aromatic N) is 5. The number of rotatable bonds is 9. The predicted octanol–water partition coefficient (Wildman–Crippen LogP) is 5.10. The molecule has 0 unspecified atom stereocenters. The van der Waals surface area contributed by atoms with Gasteiger partial charge < -0.3 is 4.74 Å². The van der Waals surface area contributed by atoms with E-state index in [-0.39, 0.29) is 0 Å². The van der Waals surface area contributed by atoms with Crippen LogP contribution in [0.5, 0.6) is 0 Å². The van der Waals surface area contributed by atoms with Crippen LogP contribution in [0.1, 0.15) is 46.5 Å². The fourth-order valence-corrected chi connectivity index (χ4v) is 6.39. The van der Waals surface area contributed by atoms with Crippen LogP contribution in [-0.4, -0.2) is 39.4 Å². The first-order valence-corrected chi connectivity index (χ1v) is 16.6. The highest BCUT2D eigenvalue weighted by Crippen LogP contribution is 2.36. The Morgan fingerprint density at radius 3 is 2.36 bits per heavy atom. The zero-order valence-electron chi connectivity index (χ0n) is 19.9. The molecule has 1 aromatic carbocycles. The van der Waals surface area contributed by atoms with Crippen LogP contribution in [0, 0.1) is 0 Å². The van der Waals surface area contributed by atoms with E-state index in [4.69, 9.17) is 14.8 Å². The lowest BCUT2D eigenvalue weighted by molar-refractivity contribution is 0.0757. The Bertz CT molecular complexity index is 1090. The molecule has 0 atom stereocenters. The van der Waals surface area contributed by atoms with Crippen LogP contribution in [0.4, 0.5) is 0 Å². The van der Waals surface area contributed by atoms with Crippen molar-refractivity contribution in [2.75, 3.05) is 6.61 Å². The van der Waals surface area contributed by atoms with Crippen LogP contribution in [0.3, 0.4) is 0 Å². The van der Waals surface area contributed by atoms with E-state index in [2.05, 4.69) is 35.7 Å². The number of ether oxygens (including phenoxy) is 1. The fourth-order valence-electron chi connectivity index (χ4n) is 4.91. The second kappa shape index (κ2) is 9.68. The first-order chi connectivity index (χ1) is 16.0. The van der Waals surface area contributed by atoms with E-state index in [9.17, 15) is 0 Å². The molecule has 0 bridgehead atoms. The van der Waals surface area contributed by atoms with Gasteiger partial charge in [-0.2, -0.15) is 0 Å². The largest absolute Gasteiger partial charge is 0.359 e. The lowest BCUT2D eigenvalue weighted by atomic mass is 9.92. The number of fused-ring (bicyclic) bond motifs is 2. The average molecular weight is 480 g/mol. The first kappa shape index (κ1) is 22.7. The molecule has 174 valence electrons. The summed E-state index contributed by atoms with van der Waals surface area (Å²) >= 11 is 1.51. The third kappa shape index (κ3) is 5.39. The molecule has 2 heterocycles. The van der Waals surface area contributed by atoms with Crippen molar-refractivity contribution in [3.63, 3.8) is 0 Å². The number of aryl methyl sites for hydroxylation is 2. The van der Waals surface area contributed by atoms with Crippen LogP contribution in [0.2, 0.25) is 25.7 Å². The second-order valence-corrected chi connectivity index (χ2v) is 17.0. The maximum absolute atomic E-state index is 6.08. The molecule has 0 saturated heterocycles. The number of benzene rings is 1. The van der Waals surface area contributed by atoms with Crippen LogP contribution < -0.4 is 0 Å². The van der Waals surface area contributed by atoms with E-state index in [0.29, 0.717) is 6.73 Å². The summed E-state index contributed by atoms with van der Waals surface area (Å²) in [6.45, 7) is 8.37. The fraction of sp³-hybridized carbons (Fsp3) is 0.520. The molecule has 0 aliphatic heterocycles. The maximum atomic E-state index is 6.08. The van der Waals surface area contributed by atoms with Gasteiger partial charge in [0, 0.05) is 33.5 Å². The van der Waals surface area contributed by atoms with Crippen molar-refractivity contribution in [2.45, 2.75) is 87.4 Å². The first-order valence-electron chi connectivity index (χ1n) is 12.1. The van der Waals surface area contributed by atoms with Crippen molar-refractivity contribution in [3.8, 4) is 0 Å². The maximum Gasteiger partial charge on any atom is 0.213 e. The number of hydrogen-bond acceptors (Lipinski definition) is 6. The third-order valence-corrected chi connectivity index (χ3v) is 9.12. The van der Waals surface area contributed by atoms with Gasteiger partial charge in [-0.05, 0) is 84.1 Å². The molecule has 33 heavy (non-hydrogen) atoms.